The predicted octanol–water partition coefficient (Wildman–Crippen LogP) is 1.64. The second-order valence-corrected chi connectivity index (χ2v) is 6.20. The van der Waals surface area contributed by atoms with Crippen molar-refractivity contribution in [3.63, 3.8) is 0 Å². The molecule has 0 fully saturated rings. The van der Waals surface area contributed by atoms with E-state index in [1.807, 2.05) is 13.8 Å². The van der Waals surface area contributed by atoms with Crippen molar-refractivity contribution in [2.75, 3.05) is 46.9 Å². The molecule has 1 atom stereocenters. The molecule has 7 nitrogen and oxygen atoms in total. The van der Waals surface area contributed by atoms with Crippen LogP contribution in [0.1, 0.15) is 20.3 Å². The van der Waals surface area contributed by atoms with Crippen LogP contribution in [0.4, 0.5) is 4.39 Å². The van der Waals surface area contributed by atoms with Crippen molar-refractivity contribution >= 4 is 11.9 Å². The lowest BCUT2D eigenvalue weighted by Crippen LogP contribution is -2.43. The summed E-state index contributed by atoms with van der Waals surface area (Å²) in [4.78, 5) is 17.6. The molecule has 0 bridgehead atoms. The third-order valence-corrected chi connectivity index (χ3v) is 3.52. The highest BCUT2D eigenvalue weighted by atomic mass is 19.1. The Hall–Kier alpha value is -2.35. The highest BCUT2D eigenvalue weighted by Crippen LogP contribution is 2.13. The molecule has 1 unspecified atom stereocenters. The van der Waals surface area contributed by atoms with Crippen LogP contribution in [0.15, 0.2) is 29.3 Å². The van der Waals surface area contributed by atoms with Gasteiger partial charge in [0.15, 0.2) is 5.96 Å². The van der Waals surface area contributed by atoms with Crippen LogP contribution in [-0.2, 0) is 9.53 Å². The Morgan fingerprint density at radius 2 is 2.11 bits per heavy atom. The molecule has 1 amide bonds. The number of hydrogen-bond acceptors (Lipinski definition) is 4. The first-order chi connectivity index (χ1) is 12.9. The summed E-state index contributed by atoms with van der Waals surface area (Å²) in [6.07, 6.45) is 0.609. The van der Waals surface area contributed by atoms with Crippen LogP contribution >= 0.6 is 0 Å². The molecule has 0 heterocycles. The zero-order chi connectivity index (χ0) is 20.1. The van der Waals surface area contributed by atoms with E-state index in [1.54, 1.807) is 26.2 Å². The van der Waals surface area contributed by atoms with Gasteiger partial charge in [-0.1, -0.05) is 6.07 Å². The number of ether oxygens (including phenoxy) is 2. The topological polar surface area (TPSA) is 75.2 Å². The Balaban J connectivity index is 2.52. The van der Waals surface area contributed by atoms with Gasteiger partial charge < -0.3 is 25.0 Å². The Morgan fingerprint density at radius 3 is 2.78 bits per heavy atom. The van der Waals surface area contributed by atoms with Gasteiger partial charge in [0.25, 0.3) is 0 Å². The number of rotatable bonds is 11. The van der Waals surface area contributed by atoms with E-state index in [4.69, 9.17) is 9.47 Å². The number of halogens is 1. The number of nitrogens with zero attached hydrogens (tertiary/aromatic N) is 2. The molecule has 0 saturated heterocycles. The number of carbonyl (C=O) groups excluding carboxylic acids is 1. The molecule has 0 radical (unpaired) electrons. The van der Waals surface area contributed by atoms with Gasteiger partial charge in [-0.2, -0.15) is 0 Å². The SMILES string of the molecule is CCOCCCNC(=NCC(=O)N(C)C)NCC(C)Oc1cccc(F)c1. The van der Waals surface area contributed by atoms with E-state index in [2.05, 4.69) is 15.6 Å². The average molecular weight is 382 g/mol. The van der Waals surface area contributed by atoms with Crippen LogP contribution in [0.2, 0.25) is 0 Å². The zero-order valence-corrected chi connectivity index (χ0v) is 16.6. The minimum Gasteiger partial charge on any atom is -0.489 e. The first-order valence-electron chi connectivity index (χ1n) is 9.14. The van der Waals surface area contributed by atoms with E-state index in [0.29, 0.717) is 38.0 Å². The summed E-state index contributed by atoms with van der Waals surface area (Å²) >= 11 is 0. The van der Waals surface area contributed by atoms with E-state index in [-0.39, 0.29) is 24.4 Å². The van der Waals surface area contributed by atoms with Crippen LogP contribution in [0.5, 0.6) is 5.75 Å². The number of benzene rings is 1. The lowest BCUT2D eigenvalue weighted by molar-refractivity contribution is -0.127. The van der Waals surface area contributed by atoms with Crippen molar-refractivity contribution in [2.24, 2.45) is 4.99 Å². The molecule has 0 spiro atoms. The van der Waals surface area contributed by atoms with Gasteiger partial charge >= 0.3 is 0 Å². The molecule has 1 aromatic rings. The van der Waals surface area contributed by atoms with Gasteiger partial charge in [0.1, 0.15) is 24.2 Å². The maximum atomic E-state index is 13.2. The molecule has 8 heteroatoms. The molecule has 2 N–H and O–H groups in total. The summed E-state index contributed by atoms with van der Waals surface area (Å²) in [5.74, 6) is 0.564. The van der Waals surface area contributed by atoms with Crippen molar-refractivity contribution in [1.82, 2.24) is 15.5 Å². The third-order valence-electron chi connectivity index (χ3n) is 3.52. The summed E-state index contributed by atoms with van der Waals surface area (Å²) < 4.78 is 24.2. The van der Waals surface area contributed by atoms with Crippen LogP contribution in [0.3, 0.4) is 0 Å². The molecule has 0 saturated carbocycles. The summed E-state index contributed by atoms with van der Waals surface area (Å²) in [7, 11) is 3.38. The average Bonchev–Trinajstić information content (AvgIpc) is 2.62. The molecule has 0 aliphatic carbocycles. The number of likely N-dealkylation sites (N-methyl/N-ethyl adjacent to an activating group) is 1. The fourth-order valence-electron chi connectivity index (χ4n) is 2.04. The summed E-state index contributed by atoms with van der Waals surface area (Å²) in [6.45, 7) is 6.33. The van der Waals surface area contributed by atoms with E-state index in [0.717, 1.165) is 6.42 Å². The standard InChI is InChI=1S/C19H31FN4O3/c1-5-26-11-7-10-21-19(23-14-18(25)24(3)4)22-13-15(2)27-17-9-6-8-16(20)12-17/h6,8-9,12,15H,5,7,10-11,13-14H2,1-4H3,(H2,21,22,23). The third kappa shape index (κ3) is 10.4. The molecule has 152 valence electrons. The number of amides is 1. The molecule has 0 aliphatic rings. The van der Waals surface area contributed by atoms with Crippen LogP contribution in [0.25, 0.3) is 0 Å². The normalized spacial score (nSPS) is 12.4. The van der Waals surface area contributed by atoms with Crippen molar-refractivity contribution in [3.8, 4) is 5.75 Å². The Bertz CT molecular complexity index is 596. The van der Waals surface area contributed by atoms with Gasteiger partial charge in [-0.25, -0.2) is 9.38 Å². The van der Waals surface area contributed by atoms with Crippen molar-refractivity contribution in [2.45, 2.75) is 26.4 Å². The second-order valence-electron chi connectivity index (χ2n) is 6.20. The number of carbonyl (C=O) groups is 1. The fourth-order valence-corrected chi connectivity index (χ4v) is 2.04. The monoisotopic (exact) mass is 382 g/mol. The van der Waals surface area contributed by atoms with Crippen LogP contribution < -0.4 is 15.4 Å². The van der Waals surface area contributed by atoms with E-state index < -0.39 is 0 Å². The van der Waals surface area contributed by atoms with Gasteiger partial charge in [-0.05, 0) is 32.4 Å². The van der Waals surface area contributed by atoms with Gasteiger partial charge in [-0.15, -0.1) is 0 Å². The minimum atomic E-state index is -0.340. The zero-order valence-electron chi connectivity index (χ0n) is 16.6. The molecule has 1 aromatic carbocycles. The first-order valence-corrected chi connectivity index (χ1v) is 9.14. The van der Waals surface area contributed by atoms with Gasteiger partial charge in [0.05, 0.1) is 6.54 Å². The second kappa shape index (κ2) is 12.9. The first kappa shape index (κ1) is 22.7. The molecule has 1 rings (SSSR count). The van der Waals surface area contributed by atoms with Gasteiger partial charge in [0, 0.05) is 39.9 Å². The fraction of sp³-hybridized carbons (Fsp3) is 0.579. The lowest BCUT2D eigenvalue weighted by Gasteiger charge is -2.18. The van der Waals surface area contributed by atoms with Crippen molar-refractivity contribution < 1.29 is 18.7 Å². The lowest BCUT2D eigenvalue weighted by atomic mass is 10.3. The highest BCUT2D eigenvalue weighted by Gasteiger charge is 2.08. The van der Waals surface area contributed by atoms with Gasteiger partial charge in [0.2, 0.25) is 5.91 Å². The van der Waals surface area contributed by atoms with Crippen LogP contribution in [0, 0.1) is 5.82 Å². The van der Waals surface area contributed by atoms with Gasteiger partial charge in [-0.3, -0.25) is 4.79 Å². The van der Waals surface area contributed by atoms with E-state index in [9.17, 15) is 9.18 Å². The maximum absolute atomic E-state index is 13.2. The Morgan fingerprint density at radius 1 is 1.33 bits per heavy atom. The van der Waals surface area contributed by atoms with E-state index >= 15 is 0 Å². The Labute approximate surface area is 160 Å². The van der Waals surface area contributed by atoms with Crippen LogP contribution in [-0.4, -0.2) is 69.8 Å². The number of nitrogens with one attached hydrogen (secondary N) is 2. The molecular formula is C19H31FN4O3. The maximum Gasteiger partial charge on any atom is 0.243 e. The summed E-state index contributed by atoms with van der Waals surface area (Å²) in [6, 6.07) is 6.02. The van der Waals surface area contributed by atoms with Crippen molar-refractivity contribution in [1.29, 1.82) is 0 Å². The predicted molar refractivity (Wildman–Crippen MR) is 105 cm³/mol. The smallest absolute Gasteiger partial charge is 0.243 e. The van der Waals surface area contributed by atoms with Crippen molar-refractivity contribution in [3.05, 3.63) is 30.1 Å². The largest absolute Gasteiger partial charge is 0.489 e. The van der Waals surface area contributed by atoms with E-state index in [1.165, 1.54) is 17.0 Å². The molecular weight excluding hydrogens is 351 g/mol. The number of guanidine groups is 1. The number of hydrogen-bond donors (Lipinski definition) is 2. The summed E-state index contributed by atoms with van der Waals surface area (Å²) in [5, 5.41) is 6.32. The Kier molecular flexibility index (Phi) is 10.9. The minimum absolute atomic E-state index is 0.0485. The molecule has 0 aliphatic heterocycles. The molecule has 27 heavy (non-hydrogen) atoms. The highest BCUT2D eigenvalue weighted by molar-refractivity contribution is 5.84. The number of aliphatic imine (C=N–C) groups is 1. The molecule has 0 aromatic heterocycles. The summed E-state index contributed by atoms with van der Waals surface area (Å²) in [5.41, 5.74) is 0. The quantitative estimate of drug-likeness (QED) is 0.346.